The highest BCUT2D eigenvalue weighted by Crippen LogP contribution is 2.12. The predicted octanol–water partition coefficient (Wildman–Crippen LogP) is -3.76. The van der Waals surface area contributed by atoms with Crippen LogP contribution in [0.5, 0.6) is 0 Å². The number of carboxylic acids is 2. The molecule has 16 N–H and O–H groups in total. The molecule has 0 aliphatic carbocycles. The summed E-state index contributed by atoms with van der Waals surface area (Å²) in [7, 11) is 0. The summed E-state index contributed by atoms with van der Waals surface area (Å²) in [5.74, 6) is -12.2. The Morgan fingerprint density at radius 2 is 0.957 bits per heavy atom. The molecule has 9 amide bonds. The van der Waals surface area contributed by atoms with E-state index in [1.54, 1.807) is 71.9 Å². The topological polar surface area (TPSA) is 409 Å². The van der Waals surface area contributed by atoms with Crippen LogP contribution in [0.15, 0.2) is 30.3 Å². The van der Waals surface area contributed by atoms with Crippen molar-refractivity contribution < 1.29 is 68.1 Å². The van der Waals surface area contributed by atoms with Crippen LogP contribution in [0.25, 0.3) is 0 Å². The lowest BCUT2D eigenvalue weighted by atomic mass is 9.97. The Hall–Kier alpha value is -6.73. The maximum Gasteiger partial charge on any atom is 0.326 e. The van der Waals surface area contributed by atoms with Gasteiger partial charge in [-0.15, -0.1) is 0 Å². The first-order valence-electron chi connectivity index (χ1n) is 23.0. The van der Waals surface area contributed by atoms with Crippen LogP contribution in [-0.2, 0) is 59.2 Å². The molecule has 1 aromatic rings. The first kappa shape index (κ1) is 61.3. The Labute approximate surface area is 406 Å². The molecule has 0 radical (unpaired) electrons. The van der Waals surface area contributed by atoms with E-state index < -0.39 is 164 Å². The fourth-order valence-electron chi connectivity index (χ4n) is 6.53. The van der Waals surface area contributed by atoms with Gasteiger partial charge in [-0.1, -0.05) is 71.9 Å². The number of amides is 9. The van der Waals surface area contributed by atoms with Crippen LogP contribution < -0.4 is 59.3 Å². The van der Waals surface area contributed by atoms with Crippen molar-refractivity contribution >= 4 is 65.1 Å². The number of nitrogens with two attached hydrogens (primary N) is 2. The normalized spacial score (nSPS) is 14.5. The van der Waals surface area contributed by atoms with Gasteiger partial charge in [0, 0.05) is 6.42 Å². The third-order valence-electron chi connectivity index (χ3n) is 10.6. The molecule has 70 heavy (non-hydrogen) atoms. The van der Waals surface area contributed by atoms with Crippen LogP contribution in [0.3, 0.4) is 0 Å². The second-order valence-corrected chi connectivity index (χ2v) is 17.7. The van der Waals surface area contributed by atoms with Crippen molar-refractivity contribution in [3.63, 3.8) is 0 Å². The van der Waals surface area contributed by atoms with Crippen molar-refractivity contribution in [3.05, 3.63) is 35.9 Å². The summed E-state index contributed by atoms with van der Waals surface area (Å²) >= 11 is 0. The van der Waals surface area contributed by atoms with E-state index in [0.717, 1.165) is 12.5 Å². The van der Waals surface area contributed by atoms with Crippen LogP contribution in [0.1, 0.15) is 86.1 Å². The fourth-order valence-corrected chi connectivity index (χ4v) is 6.53. The van der Waals surface area contributed by atoms with Gasteiger partial charge in [0.05, 0.1) is 31.8 Å². The average Bonchev–Trinajstić information content (AvgIpc) is 3.28. The van der Waals surface area contributed by atoms with Crippen molar-refractivity contribution in [2.45, 2.75) is 135 Å². The lowest BCUT2D eigenvalue weighted by Crippen LogP contribution is -2.62. The number of aliphatic hydroxyl groups is 1. The lowest BCUT2D eigenvalue weighted by Gasteiger charge is -2.30. The van der Waals surface area contributed by atoms with Gasteiger partial charge in [-0.3, -0.25) is 47.9 Å². The summed E-state index contributed by atoms with van der Waals surface area (Å²) in [5, 5.41) is 50.9. The van der Waals surface area contributed by atoms with Gasteiger partial charge in [-0.25, -0.2) is 4.79 Å². The van der Waals surface area contributed by atoms with Gasteiger partial charge in [-0.2, -0.15) is 0 Å². The van der Waals surface area contributed by atoms with Gasteiger partial charge in [-0.05, 0) is 68.9 Å². The fraction of sp³-hybridized carbons (Fsp3) is 0.622. The first-order valence-corrected chi connectivity index (χ1v) is 23.0. The summed E-state index contributed by atoms with van der Waals surface area (Å²) in [6, 6.07) is -0.498. The summed E-state index contributed by atoms with van der Waals surface area (Å²) < 4.78 is 0. The molecule has 0 aliphatic heterocycles. The monoisotopic (exact) mass is 992 g/mol. The van der Waals surface area contributed by atoms with E-state index in [1.165, 1.54) is 0 Å². The smallest absolute Gasteiger partial charge is 0.326 e. The molecule has 1 aromatic carbocycles. The minimum Gasteiger partial charge on any atom is -0.481 e. The summed E-state index contributed by atoms with van der Waals surface area (Å²) in [4.78, 5) is 141. The number of rotatable bonds is 32. The molecule has 25 nitrogen and oxygen atoms in total. The first-order chi connectivity index (χ1) is 32.8. The molecule has 8 atom stereocenters. The molecule has 1 rings (SSSR count). The minimum absolute atomic E-state index is 0.105. The average molecular weight is 992 g/mol. The molecule has 0 bridgehead atoms. The van der Waals surface area contributed by atoms with Gasteiger partial charge in [0.2, 0.25) is 53.2 Å². The van der Waals surface area contributed by atoms with Crippen LogP contribution in [0, 0.1) is 17.8 Å². The highest BCUT2D eigenvalue weighted by atomic mass is 16.4. The van der Waals surface area contributed by atoms with E-state index in [2.05, 4.69) is 47.9 Å². The molecule has 0 aliphatic rings. The van der Waals surface area contributed by atoms with Gasteiger partial charge in [0.15, 0.2) is 0 Å². The molecule has 0 unspecified atom stereocenters. The molecule has 0 saturated heterocycles. The molecular formula is C45H73N11O14. The van der Waals surface area contributed by atoms with E-state index >= 15 is 0 Å². The number of unbranched alkanes of at least 4 members (excludes halogenated alkanes) is 1. The Kier molecular flexibility index (Phi) is 27.5. The molecule has 0 spiro atoms. The van der Waals surface area contributed by atoms with Crippen molar-refractivity contribution in [1.82, 2.24) is 47.9 Å². The predicted molar refractivity (Wildman–Crippen MR) is 252 cm³/mol. The van der Waals surface area contributed by atoms with Gasteiger partial charge in [0.25, 0.3) is 0 Å². The molecule has 0 heterocycles. The number of carbonyl (C=O) groups is 11. The maximum atomic E-state index is 13.8. The Morgan fingerprint density at radius 3 is 1.41 bits per heavy atom. The summed E-state index contributed by atoms with van der Waals surface area (Å²) in [5.41, 5.74) is 12.2. The number of aliphatic carboxylic acids is 2. The maximum absolute atomic E-state index is 13.8. The Balaban J connectivity index is 2.98. The van der Waals surface area contributed by atoms with E-state index in [4.69, 9.17) is 11.5 Å². The number of benzene rings is 1. The largest absolute Gasteiger partial charge is 0.481 e. The molecule has 392 valence electrons. The number of hydrogen-bond donors (Lipinski definition) is 14. The third-order valence-corrected chi connectivity index (χ3v) is 10.6. The number of carbonyl (C=O) groups excluding carboxylic acids is 9. The number of aliphatic hydroxyl groups excluding tert-OH is 1. The highest BCUT2D eigenvalue weighted by molar-refractivity contribution is 5.98. The van der Waals surface area contributed by atoms with E-state index in [0.29, 0.717) is 19.4 Å². The van der Waals surface area contributed by atoms with Crippen molar-refractivity contribution in [2.24, 2.45) is 29.2 Å². The van der Waals surface area contributed by atoms with Crippen molar-refractivity contribution in [3.8, 4) is 0 Å². The van der Waals surface area contributed by atoms with E-state index in [-0.39, 0.29) is 12.8 Å². The minimum atomic E-state index is -1.75. The van der Waals surface area contributed by atoms with Crippen molar-refractivity contribution in [1.29, 1.82) is 0 Å². The number of hydrogen-bond acceptors (Lipinski definition) is 14. The van der Waals surface area contributed by atoms with Crippen LogP contribution in [-0.4, -0.2) is 155 Å². The number of nitrogens with one attached hydrogen (secondary N) is 9. The molecule has 0 fully saturated rings. The van der Waals surface area contributed by atoms with Crippen LogP contribution >= 0.6 is 0 Å². The molecular weight excluding hydrogens is 919 g/mol. The zero-order chi connectivity index (χ0) is 53.2. The zero-order valence-electron chi connectivity index (χ0n) is 40.8. The quantitative estimate of drug-likeness (QED) is 0.0308. The van der Waals surface area contributed by atoms with Crippen LogP contribution in [0.2, 0.25) is 0 Å². The summed E-state index contributed by atoms with van der Waals surface area (Å²) in [6.45, 7) is 9.21. The highest BCUT2D eigenvalue weighted by Gasteiger charge is 2.36. The Bertz CT molecular complexity index is 1950. The standard InChI is InChI=1S/C45H73N11O14/c1-23(2)35(41(65)52-30(45(69)70)15-11-12-18-46)55-43(67)37(25(5)6)56-42(66)36(24(3)4)54-40(64)29(16-17-34(61)62)51-44(68)38(26(7)57)53-33(60)22-49-31(58)20-48-32(59)21-50-39(63)28(47)19-27-13-9-8-10-14-27/h8-10,13-14,23-26,28-30,35-38,57H,11-12,15-22,46-47H2,1-7H3,(H,48,59)(H,49,58)(H,50,63)(H,51,68)(H,52,65)(H,53,60)(H,54,64)(H,55,67)(H,56,66)(H,61,62)(H,69,70)/t26-,28+,29+,30+,35+,36+,37+,38+/m1/s1. The molecule has 25 heteroatoms. The molecule has 0 aromatic heterocycles. The zero-order valence-corrected chi connectivity index (χ0v) is 40.8. The molecule has 0 saturated carbocycles. The third kappa shape index (κ3) is 23.0. The SMILES string of the molecule is CC(C)[C@H](NC(=O)[C@H](CCC(=O)O)NC(=O)[C@@H](NC(=O)CNC(=O)CNC(=O)CNC(=O)[C@@H](N)Cc1ccccc1)[C@@H](C)O)C(=O)N[C@H](C(=O)N[C@H](C(=O)N[C@@H](CCCCN)C(=O)O)C(C)C)C(C)C. The second kappa shape index (κ2) is 31.4. The Morgan fingerprint density at radius 1 is 0.514 bits per heavy atom. The van der Waals surface area contributed by atoms with Crippen molar-refractivity contribution in [2.75, 3.05) is 26.2 Å². The lowest BCUT2D eigenvalue weighted by molar-refractivity contribution is -0.143. The van der Waals surface area contributed by atoms with E-state index in [1.807, 2.05) is 0 Å². The second-order valence-electron chi connectivity index (χ2n) is 17.7. The summed E-state index contributed by atoms with van der Waals surface area (Å²) in [6.07, 6.45) is -1.47. The van der Waals surface area contributed by atoms with Crippen LogP contribution in [0.4, 0.5) is 0 Å². The van der Waals surface area contributed by atoms with E-state index in [9.17, 15) is 68.1 Å². The van der Waals surface area contributed by atoms with Gasteiger partial charge in [0.1, 0.15) is 36.3 Å². The number of carboxylic acid groups (broad SMARTS) is 2. The van der Waals surface area contributed by atoms with Gasteiger partial charge >= 0.3 is 11.9 Å². The van der Waals surface area contributed by atoms with Gasteiger partial charge < -0.3 is 74.6 Å².